The third-order valence-corrected chi connectivity index (χ3v) is 4.08. The fourth-order valence-electron chi connectivity index (χ4n) is 2.86. The summed E-state index contributed by atoms with van der Waals surface area (Å²) in [5, 5.41) is 9.33. The number of benzene rings is 1. The number of hydrogen-bond donors (Lipinski definition) is 1. The first-order valence-electron chi connectivity index (χ1n) is 7.24. The lowest BCUT2D eigenvalue weighted by Gasteiger charge is -2.32. The Morgan fingerprint density at radius 1 is 1.38 bits per heavy atom. The van der Waals surface area contributed by atoms with Crippen LogP contribution in [0.1, 0.15) is 41.6 Å². The second kappa shape index (κ2) is 6.94. The van der Waals surface area contributed by atoms with Crippen molar-refractivity contribution in [2.45, 2.75) is 32.6 Å². The first-order chi connectivity index (χ1) is 9.95. The molecule has 1 amide bonds. The fraction of sp³-hybridized carbons (Fsp3) is 0.500. The number of piperidine rings is 1. The van der Waals surface area contributed by atoms with Crippen molar-refractivity contribution in [1.82, 2.24) is 4.90 Å². The van der Waals surface area contributed by atoms with E-state index in [1.54, 1.807) is 6.07 Å². The molecule has 0 radical (unpaired) electrons. The fourth-order valence-corrected chi connectivity index (χ4v) is 3.14. The summed E-state index contributed by atoms with van der Waals surface area (Å²) < 4.78 is 0. The number of aryl methyl sites for hydroxylation is 1. The number of carbonyl (C=O) groups is 2. The molecule has 5 heteroatoms. The predicted octanol–water partition coefficient (Wildman–Crippen LogP) is 3.37. The van der Waals surface area contributed by atoms with E-state index in [0.29, 0.717) is 23.6 Å². The van der Waals surface area contributed by atoms with Crippen molar-refractivity contribution in [3.05, 3.63) is 34.3 Å². The number of carboxylic acid groups (broad SMARTS) is 1. The quantitative estimate of drug-likeness (QED) is 0.927. The van der Waals surface area contributed by atoms with Crippen molar-refractivity contribution in [2.24, 2.45) is 5.92 Å². The average molecular weight is 310 g/mol. The molecule has 1 aromatic rings. The number of rotatable bonds is 4. The first-order valence-corrected chi connectivity index (χ1v) is 7.62. The highest BCUT2D eigenvalue weighted by Crippen LogP contribution is 2.23. The lowest BCUT2D eigenvalue weighted by molar-refractivity contribution is -0.137. The number of nitrogens with zero attached hydrogens (tertiary/aromatic N) is 1. The second-order valence-electron chi connectivity index (χ2n) is 5.71. The minimum absolute atomic E-state index is 0.0133. The van der Waals surface area contributed by atoms with Crippen LogP contribution in [0.5, 0.6) is 0 Å². The van der Waals surface area contributed by atoms with Gasteiger partial charge in [-0.15, -0.1) is 0 Å². The second-order valence-corrected chi connectivity index (χ2v) is 6.15. The van der Waals surface area contributed by atoms with E-state index in [1.807, 2.05) is 24.0 Å². The van der Waals surface area contributed by atoms with Gasteiger partial charge in [0.2, 0.25) is 0 Å². The van der Waals surface area contributed by atoms with Gasteiger partial charge in [-0.25, -0.2) is 0 Å². The number of amides is 1. The third kappa shape index (κ3) is 4.46. The maximum atomic E-state index is 12.5. The smallest absolute Gasteiger partial charge is 0.303 e. The number of likely N-dealkylation sites (tertiary alicyclic amines) is 1. The van der Waals surface area contributed by atoms with Crippen LogP contribution >= 0.6 is 11.6 Å². The Kier molecular flexibility index (Phi) is 5.23. The Hall–Kier alpha value is -1.55. The summed E-state index contributed by atoms with van der Waals surface area (Å²) in [5.74, 6) is -0.511. The van der Waals surface area contributed by atoms with Crippen molar-refractivity contribution in [1.29, 1.82) is 0 Å². The molecule has 0 bridgehead atoms. The largest absolute Gasteiger partial charge is 0.481 e. The molecule has 0 spiro atoms. The molecule has 4 nitrogen and oxygen atoms in total. The minimum Gasteiger partial charge on any atom is -0.481 e. The summed E-state index contributed by atoms with van der Waals surface area (Å²) in [6.07, 6.45) is 2.72. The minimum atomic E-state index is -0.774. The normalized spacial score (nSPS) is 18.6. The zero-order valence-corrected chi connectivity index (χ0v) is 12.9. The molecule has 1 aliphatic heterocycles. The van der Waals surface area contributed by atoms with Crippen LogP contribution in [-0.4, -0.2) is 35.0 Å². The molecule has 1 heterocycles. The Morgan fingerprint density at radius 3 is 2.81 bits per heavy atom. The van der Waals surface area contributed by atoms with Gasteiger partial charge in [0.25, 0.3) is 5.91 Å². The van der Waals surface area contributed by atoms with Gasteiger partial charge in [0.05, 0.1) is 0 Å². The molecule has 0 aliphatic carbocycles. The van der Waals surface area contributed by atoms with Crippen molar-refractivity contribution in [3.63, 3.8) is 0 Å². The molecule has 2 rings (SSSR count). The van der Waals surface area contributed by atoms with Crippen LogP contribution in [0.25, 0.3) is 0 Å². The summed E-state index contributed by atoms with van der Waals surface area (Å²) in [7, 11) is 0. The zero-order chi connectivity index (χ0) is 15.4. The van der Waals surface area contributed by atoms with E-state index < -0.39 is 5.97 Å². The van der Waals surface area contributed by atoms with Crippen molar-refractivity contribution < 1.29 is 14.7 Å². The van der Waals surface area contributed by atoms with Gasteiger partial charge in [0.15, 0.2) is 0 Å². The standard InChI is InChI=1S/C16H20ClNO3/c1-11-7-13(9-14(17)8-11)16(21)18-6-2-3-12(10-18)4-5-15(19)20/h7-9,12H,2-6,10H2,1H3,(H,19,20)/t12-/m0/s1. The molecule has 1 aliphatic rings. The van der Waals surface area contributed by atoms with E-state index in [-0.39, 0.29) is 18.2 Å². The van der Waals surface area contributed by atoms with Gasteiger partial charge in [0, 0.05) is 30.1 Å². The Morgan fingerprint density at radius 2 is 2.14 bits per heavy atom. The number of carboxylic acids is 1. The summed E-state index contributed by atoms with van der Waals surface area (Å²) in [6.45, 7) is 3.28. The highest BCUT2D eigenvalue weighted by Gasteiger charge is 2.25. The van der Waals surface area contributed by atoms with Gasteiger partial charge < -0.3 is 10.0 Å². The number of carbonyl (C=O) groups excluding carboxylic acids is 1. The zero-order valence-electron chi connectivity index (χ0n) is 12.1. The van der Waals surface area contributed by atoms with Crippen LogP contribution in [0, 0.1) is 12.8 Å². The maximum Gasteiger partial charge on any atom is 0.303 e. The van der Waals surface area contributed by atoms with Gasteiger partial charge in [-0.1, -0.05) is 11.6 Å². The van der Waals surface area contributed by atoms with Gasteiger partial charge in [-0.3, -0.25) is 9.59 Å². The molecular formula is C16H20ClNO3. The van der Waals surface area contributed by atoms with Crippen LogP contribution in [-0.2, 0) is 4.79 Å². The Labute approximate surface area is 129 Å². The molecule has 1 N–H and O–H groups in total. The van der Waals surface area contributed by atoms with Crippen LogP contribution in [0.2, 0.25) is 5.02 Å². The van der Waals surface area contributed by atoms with Crippen LogP contribution in [0.3, 0.4) is 0 Å². The summed E-state index contributed by atoms with van der Waals surface area (Å²) in [6, 6.07) is 5.36. The Bertz CT molecular complexity index is 524. The van der Waals surface area contributed by atoms with Crippen molar-refractivity contribution in [3.8, 4) is 0 Å². The first kappa shape index (κ1) is 15.8. The van der Waals surface area contributed by atoms with E-state index in [4.69, 9.17) is 16.7 Å². The summed E-state index contributed by atoms with van der Waals surface area (Å²) in [4.78, 5) is 25.0. The molecular weight excluding hydrogens is 290 g/mol. The number of hydrogen-bond acceptors (Lipinski definition) is 2. The van der Waals surface area contributed by atoms with E-state index in [2.05, 4.69) is 0 Å². The van der Waals surface area contributed by atoms with Crippen LogP contribution in [0.15, 0.2) is 18.2 Å². The molecule has 0 unspecified atom stereocenters. The number of aliphatic carboxylic acids is 1. The lowest BCUT2D eigenvalue weighted by atomic mass is 9.93. The molecule has 1 saturated heterocycles. The molecule has 1 fully saturated rings. The highest BCUT2D eigenvalue weighted by atomic mass is 35.5. The van der Waals surface area contributed by atoms with Gasteiger partial charge in [-0.2, -0.15) is 0 Å². The molecule has 0 aromatic heterocycles. The summed E-state index contributed by atoms with van der Waals surface area (Å²) >= 11 is 6.01. The topological polar surface area (TPSA) is 57.6 Å². The average Bonchev–Trinajstić information content (AvgIpc) is 2.43. The van der Waals surface area contributed by atoms with Gasteiger partial charge >= 0.3 is 5.97 Å². The third-order valence-electron chi connectivity index (χ3n) is 3.86. The van der Waals surface area contributed by atoms with E-state index in [0.717, 1.165) is 24.9 Å². The molecule has 0 saturated carbocycles. The Balaban J connectivity index is 2.03. The van der Waals surface area contributed by atoms with Crippen LogP contribution < -0.4 is 0 Å². The SMILES string of the molecule is Cc1cc(Cl)cc(C(=O)N2CCC[C@@H](CCC(=O)O)C2)c1. The maximum absolute atomic E-state index is 12.5. The molecule has 1 atom stereocenters. The van der Waals surface area contributed by atoms with E-state index in [1.165, 1.54) is 0 Å². The summed E-state index contributed by atoms with van der Waals surface area (Å²) in [5.41, 5.74) is 1.57. The van der Waals surface area contributed by atoms with Crippen molar-refractivity contribution >= 4 is 23.5 Å². The van der Waals surface area contributed by atoms with Crippen LogP contribution in [0.4, 0.5) is 0 Å². The lowest BCUT2D eigenvalue weighted by Crippen LogP contribution is -2.40. The molecule has 21 heavy (non-hydrogen) atoms. The van der Waals surface area contributed by atoms with Gasteiger partial charge in [-0.05, 0) is 55.9 Å². The number of halogens is 1. The van der Waals surface area contributed by atoms with Gasteiger partial charge in [0.1, 0.15) is 0 Å². The predicted molar refractivity (Wildman–Crippen MR) is 81.7 cm³/mol. The van der Waals surface area contributed by atoms with Crippen molar-refractivity contribution in [2.75, 3.05) is 13.1 Å². The van der Waals surface area contributed by atoms with E-state index in [9.17, 15) is 9.59 Å². The molecule has 1 aromatic carbocycles. The van der Waals surface area contributed by atoms with E-state index >= 15 is 0 Å². The molecule has 114 valence electrons. The highest BCUT2D eigenvalue weighted by molar-refractivity contribution is 6.31. The monoisotopic (exact) mass is 309 g/mol.